The van der Waals surface area contributed by atoms with Crippen LogP contribution in [-0.4, -0.2) is 44.6 Å². The molecule has 4 aromatic rings. The van der Waals surface area contributed by atoms with Gasteiger partial charge in [0.15, 0.2) is 5.70 Å². The highest BCUT2D eigenvalue weighted by Crippen LogP contribution is 2.30. The van der Waals surface area contributed by atoms with Crippen LogP contribution in [0.4, 0.5) is 0 Å². The zero-order valence-electron chi connectivity index (χ0n) is 17.6. The minimum Gasteiger partial charge on any atom is -0.444 e. The molecule has 0 saturated carbocycles. The smallest absolute Gasteiger partial charge is 0.295 e. The number of oxazole rings is 1. The van der Waals surface area contributed by atoms with E-state index >= 15 is 0 Å². The Morgan fingerprint density at radius 3 is 2.55 bits per heavy atom. The van der Waals surface area contributed by atoms with Crippen LogP contribution < -0.4 is 0 Å². The number of pyridine rings is 1. The highest BCUT2D eigenvalue weighted by molar-refractivity contribution is 6.44. The monoisotopic (exact) mass is 437 g/mol. The normalized spacial score (nSPS) is 13.7. The summed E-state index contributed by atoms with van der Waals surface area (Å²) in [5.74, 6) is -0.777. The number of piperidine rings is 1. The maximum atomic E-state index is 13.1. The van der Waals surface area contributed by atoms with Gasteiger partial charge in [-0.25, -0.2) is 9.83 Å². The van der Waals surface area contributed by atoms with Crippen LogP contribution in [0.5, 0.6) is 0 Å². The first-order valence-electron chi connectivity index (χ1n) is 10.5. The number of ketones is 1. The number of Topliss-reactive ketones (excluding diaryl/α,β-unsaturated/α-hetero) is 1. The topological polar surface area (TPSA) is 96.5 Å². The Balaban J connectivity index is 1.36. The lowest BCUT2D eigenvalue weighted by Crippen LogP contribution is -2.40. The summed E-state index contributed by atoms with van der Waals surface area (Å²) in [5, 5.41) is 0. The molecule has 8 heteroatoms. The standard InChI is InChI=1S/C25H19N5O3/c1-26-20(16-5-3-2-4-6-16)17-8-12-30(13-9-17)25(32)23(31)19-15-29-21-18(7-10-27-22(19)21)24-28-11-14-33-24/h2-7,10-11,14-15,29H,8-9,12-13H2. The van der Waals surface area contributed by atoms with Gasteiger partial charge in [-0.05, 0) is 24.5 Å². The van der Waals surface area contributed by atoms with E-state index in [-0.39, 0.29) is 5.56 Å². The zero-order chi connectivity index (χ0) is 22.8. The van der Waals surface area contributed by atoms with Crippen LogP contribution in [0, 0.1) is 6.57 Å². The van der Waals surface area contributed by atoms with Gasteiger partial charge in [0.2, 0.25) is 5.89 Å². The van der Waals surface area contributed by atoms with E-state index in [0.717, 1.165) is 11.1 Å². The number of fused-ring (bicyclic) bond motifs is 1. The van der Waals surface area contributed by atoms with E-state index in [9.17, 15) is 9.59 Å². The second-order valence-electron chi connectivity index (χ2n) is 7.67. The second-order valence-corrected chi connectivity index (χ2v) is 7.67. The van der Waals surface area contributed by atoms with Crippen molar-refractivity contribution in [2.24, 2.45) is 0 Å². The molecule has 0 spiro atoms. The molecule has 162 valence electrons. The van der Waals surface area contributed by atoms with Crippen LogP contribution >= 0.6 is 0 Å². The predicted octanol–water partition coefficient (Wildman–Crippen LogP) is 4.35. The van der Waals surface area contributed by atoms with Gasteiger partial charge in [0.25, 0.3) is 11.7 Å². The third-order valence-corrected chi connectivity index (χ3v) is 5.82. The Labute approximate surface area is 189 Å². The highest BCUT2D eigenvalue weighted by atomic mass is 16.3. The lowest BCUT2D eigenvalue weighted by molar-refractivity contribution is -0.126. The van der Waals surface area contributed by atoms with Crippen molar-refractivity contribution < 1.29 is 14.0 Å². The third kappa shape index (κ3) is 3.70. The molecule has 1 amide bonds. The number of benzene rings is 1. The largest absolute Gasteiger partial charge is 0.444 e. The lowest BCUT2D eigenvalue weighted by Gasteiger charge is -2.28. The number of aromatic amines is 1. The average Bonchev–Trinajstić information content (AvgIpc) is 3.55. The summed E-state index contributed by atoms with van der Waals surface area (Å²) >= 11 is 0. The molecule has 5 rings (SSSR count). The Morgan fingerprint density at radius 1 is 1.06 bits per heavy atom. The number of hydrogen-bond donors (Lipinski definition) is 1. The summed E-state index contributed by atoms with van der Waals surface area (Å²) in [6.07, 6.45) is 7.20. The fourth-order valence-corrected chi connectivity index (χ4v) is 4.15. The number of likely N-dealkylation sites (tertiary alicyclic amines) is 1. The minimum absolute atomic E-state index is 0.218. The van der Waals surface area contributed by atoms with E-state index in [1.165, 1.54) is 18.7 Å². The van der Waals surface area contributed by atoms with Crippen molar-refractivity contribution in [3.8, 4) is 11.5 Å². The molecule has 8 nitrogen and oxygen atoms in total. The van der Waals surface area contributed by atoms with Crippen molar-refractivity contribution in [3.05, 3.63) is 89.4 Å². The molecule has 0 radical (unpaired) electrons. The van der Waals surface area contributed by atoms with Gasteiger partial charge in [0.1, 0.15) is 11.8 Å². The van der Waals surface area contributed by atoms with Crippen molar-refractivity contribution in [2.45, 2.75) is 12.8 Å². The average molecular weight is 437 g/mol. The fraction of sp³-hybridized carbons (Fsp3) is 0.160. The van der Waals surface area contributed by atoms with E-state index in [4.69, 9.17) is 11.0 Å². The molecule has 0 aliphatic carbocycles. The van der Waals surface area contributed by atoms with Gasteiger partial charge in [-0.15, -0.1) is 0 Å². The molecule has 1 N–H and O–H groups in total. The summed E-state index contributed by atoms with van der Waals surface area (Å²) in [4.78, 5) is 42.8. The molecule has 3 aromatic heterocycles. The first-order valence-corrected chi connectivity index (χ1v) is 10.5. The van der Waals surface area contributed by atoms with E-state index in [0.29, 0.717) is 54.1 Å². The summed E-state index contributed by atoms with van der Waals surface area (Å²) in [6.45, 7) is 8.37. The molecule has 1 fully saturated rings. The van der Waals surface area contributed by atoms with Gasteiger partial charge in [-0.1, -0.05) is 35.9 Å². The molecule has 0 atom stereocenters. The molecular weight excluding hydrogens is 418 g/mol. The molecule has 0 unspecified atom stereocenters. The fourth-order valence-electron chi connectivity index (χ4n) is 4.15. The van der Waals surface area contributed by atoms with Crippen molar-refractivity contribution in [1.29, 1.82) is 0 Å². The maximum Gasteiger partial charge on any atom is 0.295 e. The van der Waals surface area contributed by atoms with Crippen molar-refractivity contribution in [2.75, 3.05) is 13.1 Å². The Bertz CT molecular complexity index is 1400. The molecule has 1 aliphatic rings. The lowest BCUT2D eigenvalue weighted by atomic mass is 9.97. The van der Waals surface area contributed by atoms with Gasteiger partial charge < -0.3 is 14.3 Å². The van der Waals surface area contributed by atoms with Crippen LogP contribution in [0.15, 0.2) is 71.2 Å². The first kappa shape index (κ1) is 20.4. The number of nitrogens with zero attached hydrogens (tertiary/aromatic N) is 4. The number of nitrogens with one attached hydrogen (secondary N) is 1. The number of rotatable bonds is 4. The molecule has 0 bridgehead atoms. The molecule has 1 saturated heterocycles. The Hall–Kier alpha value is -4.51. The SMILES string of the molecule is [C-]#[N+]C(=C1CCN(C(=O)C(=O)c2c[nH]c3c(-c4ncco4)ccnc23)CC1)c1ccccc1. The number of H-pyrrole nitrogens is 1. The van der Waals surface area contributed by atoms with Crippen molar-refractivity contribution >= 4 is 28.4 Å². The molecule has 1 aromatic carbocycles. The van der Waals surface area contributed by atoms with Crippen LogP contribution in [0.1, 0.15) is 28.8 Å². The third-order valence-electron chi connectivity index (χ3n) is 5.82. The molecule has 33 heavy (non-hydrogen) atoms. The summed E-state index contributed by atoms with van der Waals surface area (Å²) in [5.41, 5.74) is 4.40. The Kier molecular flexibility index (Phi) is 5.29. The van der Waals surface area contributed by atoms with Crippen LogP contribution in [0.25, 0.3) is 33.0 Å². The van der Waals surface area contributed by atoms with Crippen molar-refractivity contribution in [1.82, 2.24) is 19.9 Å². The van der Waals surface area contributed by atoms with Gasteiger partial charge in [0, 0.05) is 25.5 Å². The van der Waals surface area contributed by atoms with E-state index in [1.807, 2.05) is 30.3 Å². The zero-order valence-corrected chi connectivity index (χ0v) is 17.6. The first-order chi connectivity index (χ1) is 16.2. The summed E-state index contributed by atoms with van der Waals surface area (Å²) in [6, 6.07) is 11.3. The van der Waals surface area contributed by atoms with Gasteiger partial charge >= 0.3 is 0 Å². The second kappa shape index (κ2) is 8.55. The van der Waals surface area contributed by atoms with Gasteiger partial charge in [-0.3, -0.25) is 14.6 Å². The van der Waals surface area contributed by atoms with Crippen molar-refractivity contribution in [3.63, 3.8) is 0 Å². The highest BCUT2D eigenvalue weighted by Gasteiger charge is 2.29. The van der Waals surface area contributed by atoms with E-state index in [2.05, 4.69) is 19.8 Å². The van der Waals surface area contributed by atoms with E-state index < -0.39 is 11.7 Å². The van der Waals surface area contributed by atoms with Crippen LogP contribution in [0.3, 0.4) is 0 Å². The van der Waals surface area contributed by atoms with Crippen LogP contribution in [-0.2, 0) is 4.79 Å². The number of carbonyl (C=O) groups is 2. The van der Waals surface area contributed by atoms with Crippen LogP contribution in [0.2, 0.25) is 0 Å². The molecule has 4 heterocycles. The summed E-state index contributed by atoms with van der Waals surface area (Å²) in [7, 11) is 0. The number of aromatic nitrogens is 3. The predicted molar refractivity (Wildman–Crippen MR) is 122 cm³/mol. The Morgan fingerprint density at radius 2 is 1.85 bits per heavy atom. The minimum atomic E-state index is -0.612. The maximum absolute atomic E-state index is 13.1. The number of carbonyl (C=O) groups excluding carboxylic acids is 2. The van der Waals surface area contributed by atoms with E-state index in [1.54, 1.807) is 17.2 Å². The summed E-state index contributed by atoms with van der Waals surface area (Å²) < 4.78 is 5.37. The van der Waals surface area contributed by atoms with Gasteiger partial charge in [0.05, 0.1) is 29.4 Å². The van der Waals surface area contributed by atoms with Gasteiger partial charge in [-0.2, -0.15) is 0 Å². The number of hydrogen-bond acceptors (Lipinski definition) is 5. The molecule has 1 aliphatic heterocycles. The quantitative estimate of drug-likeness (QED) is 0.291. The molecular formula is C25H19N5O3. The number of amides is 1.